The Morgan fingerprint density at radius 1 is 1.07 bits per heavy atom. The van der Waals surface area contributed by atoms with Gasteiger partial charge in [0.2, 0.25) is 0 Å². The van der Waals surface area contributed by atoms with Gasteiger partial charge in [-0.1, -0.05) is 0 Å². The van der Waals surface area contributed by atoms with Crippen LogP contribution in [0.25, 0.3) is 11.8 Å². The first kappa shape index (κ1) is 19.0. The Morgan fingerprint density at radius 3 is 2.21 bits per heavy atom. The van der Waals surface area contributed by atoms with Gasteiger partial charge in [-0.15, -0.1) is 0 Å². The monoisotopic (exact) mass is 378 g/mol. The lowest BCUT2D eigenvalue weighted by Crippen LogP contribution is -2.13. The minimum absolute atomic E-state index is 0.116. The maximum absolute atomic E-state index is 13.2. The number of aromatic nitrogens is 2. The summed E-state index contributed by atoms with van der Waals surface area (Å²) < 4.78 is 27.8. The standard InChI is InChI=1S/C21H16F2N4O/c1-13-20(14(2)27(26-13)19-9-5-17(23)6-10-19)11-15(12-24)21(28)25-18-7-3-16(22)4-8-18/h3-11H,1-2H3,(H,25,28)/b15-11+. The van der Waals surface area contributed by atoms with E-state index in [9.17, 15) is 18.8 Å². The fourth-order valence-electron chi connectivity index (χ4n) is 2.72. The summed E-state index contributed by atoms with van der Waals surface area (Å²) in [6.07, 6.45) is 1.45. The third-order valence-electron chi connectivity index (χ3n) is 4.17. The molecule has 0 spiro atoms. The van der Waals surface area contributed by atoms with Gasteiger partial charge in [-0.25, -0.2) is 13.5 Å². The van der Waals surface area contributed by atoms with Crippen molar-refractivity contribution in [3.63, 3.8) is 0 Å². The van der Waals surface area contributed by atoms with Crippen LogP contribution in [0.3, 0.4) is 0 Å². The van der Waals surface area contributed by atoms with Crippen molar-refractivity contribution in [2.24, 2.45) is 0 Å². The molecule has 0 radical (unpaired) electrons. The van der Waals surface area contributed by atoms with E-state index in [1.54, 1.807) is 30.7 Å². The zero-order valence-corrected chi connectivity index (χ0v) is 15.2. The first-order chi connectivity index (χ1) is 13.4. The van der Waals surface area contributed by atoms with Gasteiger partial charge < -0.3 is 5.32 Å². The third-order valence-corrected chi connectivity index (χ3v) is 4.17. The molecule has 0 fully saturated rings. The van der Waals surface area contributed by atoms with Crippen molar-refractivity contribution < 1.29 is 13.6 Å². The molecule has 1 heterocycles. The van der Waals surface area contributed by atoms with Crippen LogP contribution < -0.4 is 5.32 Å². The van der Waals surface area contributed by atoms with Crippen molar-refractivity contribution in [1.29, 1.82) is 5.26 Å². The first-order valence-electron chi connectivity index (χ1n) is 8.40. The van der Waals surface area contributed by atoms with Crippen LogP contribution in [0.1, 0.15) is 17.0 Å². The molecule has 0 saturated heterocycles. The summed E-state index contributed by atoms with van der Waals surface area (Å²) in [5, 5.41) is 16.4. The quantitative estimate of drug-likeness (QED) is 0.543. The van der Waals surface area contributed by atoms with Crippen molar-refractivity contribution in [1.82, 2.24) is 9.78 Å². The summed E-state index contributed by atoms with van der Waals surface area (Å²) in [6.45, 7) is 3.55. The van der Waals surface area contributed by atoms with E-state index >= 15 is 0 Å². The van der Waals surface area contributed by atoms with E-state index in [-0.39, 0.29) is 11.4 Å². The molecule has 0 atom stereocenters. The van der Waals surface area contributed by atoms with Gasteiger partial charge >= 0.3 is 0 Å². The highest BCUT2D eigenvalue weighted by Gasteiger charge is 2.15. The zero-order valence-electron chi connectivity index (χ0n) is 15.2. The molecule has 0 saturated carbocycles. The molecule has 2 aromatic carbocycles. The molecule has 1 N–H and O–H groups in total. The number of carbonyl (C=O) groups is 1. The Balaban J connectivity index is 1.92. The summed E-state index contributed by atoms with van der Waals surface area (Å²) in [5.74, 6) is -1.38. The van der Waals surface area contributed by atoms with E-state index in [0.717, 1.165) is 0 Å². The van der Waals surface area contributed by atoms with Crippen LogP contribution in [-0.4, -0.2) is 15.7 Å². The van der Waals surface area contributed by atoms with E-state index in [1.807, 2.05) is 6.07 Å². The molecule has 0 unspecified atom stereocenters. The molecule has 3 aromatic rings. The number of hydrogen-bond donors (Lipinski definition) is 1. The molecule has 28 heavy (non-hydrogen) atoms. The van der Waals surface area contributed by atoms with Gasteiger partial charge in [0.05, 0.1) is 11.4 Å². The number of nitrogens with one attached hydrogen (secondary N) is 1. The normalized spacial score (nSPS) is 11.2. The molecule has 1 amide bonds. The van der Waals surface area contributed by atoms with Gasteiger partial charge in [0.15, 0.2) is 0 Å². The second-order valence-corrected chi connectivity index (χ2v) is 6.10. The number of carbonyl (C=O) groups excluding carboxylic acids is 1. The van der Waals surface area contributed by atoms with Crippen molar-refractivity contribution in [3.05, 3.63) is 82.7 Å². The fraction of sp³-hybridized carbons (Fsp3) is 0.0952. The number of nitriles is 1. The Labute approximate surface area is 160 Å². The van der Waals surface area contributed by atoms with Gasteiger partial charge in [0.25, 0.3) is 5.91 Å². The molecule has 3 rings (SSSR count). The second kappa shape index (κ2) is 7.84. The minimum Gasteiger partial charge on any atom is -0.321 e. The molecular weight excluding hydrogens is 362 g/mol. The number of nitrogens with zero attached hydrogens (tertiary/aromatic N) is 3. The van der Waals surface area contributed by atoms with Crippen LogP contribution in [0, 0.1) is 36.8 Å². The largest absolute Gasteiger partial charge is 0.321 e. The highest BCUT2D eigenvalue weighted by atomic mass is 19.1. The van der Waals surface area contributed by atoms with Crippen LogP contribution >= 0.6 is 0 Å². The molecule has 140 valence electrons. The van der Waals surface area contributed by atoms with Gasteiger partial charge in [-0.2, -0.15) is 10.4 Å². The number of halogens is 2. The Bertz CT molecular complexity index is 1090. The van der Waals surface area contributed by atoms with Crippen molar-refractivity contribution >= 4 is 17.7 Å². The third kappa shape index (κ3) is 3.96. The lowest BCUT2D eigenvalue weighted by molar-refractivity contribution is -0.112. The number of amides is 1. The van der Waals surface area contributed by atoms with Crippen LogP contribution in [0.15, 0.2) is 54.1 Å². The molecule has 1 aromatic heterocycles. The van der Waals surface area contributed by atoms with Gasteiger partial charge in [-0.3, -0.25) is 4.79 Å². The van der Waals surface area contributed by atoms with Gasteiger partial charge in [0, 0.05) is 16.9 Å². The molecule has 0 aliphatic heterocycles. The van der Waals surface area contributed by atoms with Crippen LogP contribution in [0.2, 0.25) is 0 Å². The fourth-order valence-corrected chi connectivity index (χ4v) is 2.72. The molecule has 0 aliphatic rings. The predicted molar refractivity (Wildman–Crippen MR) is 102 cm³/mol. The number of benzene rings is 2. The average molecular weight is 378 g/mol. The van der Waals surface area contributed by atoms with E-state index in [1.165, 1.54) is 42.5 Å². The summed E-state index contributed by atoms with van der Waals surface area (Å²) in [6, 6.07) is 13.0. The number of hydrogen-bond acceptors (Lipinski definition) is 3. The molecule has 5 nitrogen and oxygen atoms in total. The predicted octanol–water partition coefficient (Wildman–Crippen LogP) is 4.31. The first-order valence-corrected chi connectivity index (χ1v) is 8.40. The maximum Gasteiger partial charge on any atom is 0.266 e. The van der Waals surface area contributed by atoms with Gasteiger partial charge in [-0.05, 0) is 68.5 Å². The second-order valence-electron chi connectivity index (χ2n) is 6.10. The summed E-state index contributed by atoms with van der Waals surface area (Å²) >= 11 is 0. The van der Waals surface area contributed by atoms with Gasteiger partial charge in [0.1, 0.15) is 23.3 Å². The Hall–Kier alpha value is -3.79. The maximum atomic E-state index is 13.2. The van der Waals surface area contributed by atoms with E-state index < -0.39 is 11.7 Å². The van der Waals surface area contributed by atoms with Crippen molar-refractivity contribution in [2.75, 3.05) is 5.32 Å². The molecule has 7 heteroatoms. The lowest BCUT2D eigenvalue weighted by atomic mass is 10.1. The molecule has 0 aliphatic carbocycles. The number of aryl methyl sites for hydroxylation is 1. The highest BCUT2D eigenvalue weighted by molar-refractivity contribution is 6.09. The smallest absolute Gasteiger partial charge is 0.266 e. The van der Waals surface area contributed by atoms with Crippen molar-refractivity contribution in [3.8, 4) is 11.8 Å². The average Bonchev–Trinajstić information content (AvgIpc) is 2.96. The van der Waals surface area contributed by atoms with E-state index in [0.29, 0.717) is 28.3 Å². The van der Waals surface area contributed by atoms with E-state index in [4.69, 9.17) is 0 Å². The van der Waals surface area contributed by atoms with Crippen molar-refractivity contribution in [2.45, 2.75) is 13.8 Å². The summed E-state index contributed by atoms with van der Waals surface area (Å²) in [7, 11) is 0. The molecule has 0 bridgehead atoms. The summed E-state index contributed by atoms with van der Waals surface area (Å²) in [4.78, 5) is 12.4. The number of rotatable bonds is 4. The number of anilines is 1. The zero-order chi connectivity index (χ0) is 20.3. The van der Waals surface area contributed by atoms with Crippen LogP contribution in [-0.2, 0) is 4.79 Å². The minimum atomic E-state index is -0.609. The molecular formula is C21H16F2N4O. The topological polar surface area (TPSA) is 70.7 Å². The Kier molecular flexibility index (Phi) is 5.32. The SMILES string of the molecule is Cc1nn(-c2ccc(F)cc2)c(C)c1/C=C(\C#N)C(=O)Nc1ccc(F)cc1. The summed E-state index contributed by atoms with van der Waals surface area (Å²) in [5.41, 5.74) is 2.86. The van der Waals surface area contributed by atoms with E-state index in [2.05, 4.69) is 10.4 Å². The lowest BCUT2D eigenvalue weighted by Gasteiger charge is -2.05. The Morgan fingerprint density at radius 2 is 1.64 bits per heavy atom. The highest BCUT2D eigenvalue weighted by Crippen LogP contribution is 2.21. The van der Waals surface area contributed by atoms with Crippen LogP contribution in [0.5, 0.6) is 0 Å². The van der Waals surface area contributed by atoms with Crippen LogP contribution in [0.4, 0.5) is 14.5 Å².